The lowest BCUT2D eigenvalue weighted by molar-refractivity contribution is -0.00683. The van der Waals surface area contributed by atoms with E-state index >= 15 is 0 Å². The summed E-state index contributed by atoms with van der Waals surface area (Å²) in [5, 5.41) is 9.45. The van der Waals surface area contributed by atoms with E-state index < -0.39 is 0 Å². The number of amides is 1. The van der Waals surface area contributed by atoms with Crippen molar-refractivity contribution in [1.82, 2.24) is 20.9 Å². The van der Waals surface area contributed by atoms with Gasteiger partial charge in [-0.1, -0.05) is 6.07 Å². The first kappa shape index (κ1) is 26.4. The van der Waals surface area contributed by atoms with Crippen molar-refractivity contribution in [1.29, 1.82) is 0 Å². The lowest BCUT2D eigenvalue weighted by Gasteiger charge is -2.39. The maximum Gasteiger partial charge on any atom is 0.251 e. The van der Waals surface area contributed by atoms with Crippen molar-refractivity contribution in [2.75, 3.05) is 59.6 Å². The van der Waals surface area contributed by atoms with Crippen molar-refractivity contribution in [2.45, 2.75) is 26.3 Å². The molecule has 8 nitrogen and oxygen atoms in total. The normalized spacial score (nSPS) is 15.1. The van der Waals surface area contributed by atoms with Gasteiger partial charge in [0.05, 0.1) is 26.9 Å². The van der Waals surface area contributed by atoms with Crippen LogP contribution in [0.25, 0.3) is 0 Å². The molecule has 1 heterocycles. The van der Waals surface area contributed by atoms with Gasteiger partial charge in [0.25, 0.3) is 5.91 Å². The molecule has 30 heavy (non-hydrogen) atoms. The van der Waals surface area contributed by atoms with Crippen molar-refractivity contribution in [3.8, 4) is 5.75 Å². The molecule has 0 aromatic heterocycles. The van der Waals surface area contributed by atoms with Crippen molar-refractivity contribution in [2.24, 2.45) is 4.99 Å². The number of carbonyl (C=O) groups is 1. The summed E-state index contributed by atoms with van der Waals surface area (Å²) in [5.74, 6) is 1.30. The van der Waals surface area contributed by atoms with E-state index in [2.05, 4.69) is 34.7 Å². The maximum atomic E-state index is 12.3. The van der Waals surface area contributed by atoms with Crippen molar-refractivity contribution in [3.63, 3.8) is 0 Å². The molecule has 0 bridgehead atoms. The quantitative estimate of drug-likeness (QED) is 0.194. The number of carbonyl (C=O) groups excluding carboxylic acids is 1. The topological polar surface area (TPSA) is 87.2 Å². The summed E-state index contributed by atoms with van der Waals surface area (Å²) in [6.07, 6.45) is 0. The molecular formula is C21H36IN5O3. The van der Waals surface area contributed by atoms with Crippen LogP contribution in [0.15, 0.2) is 29.3 Å². The van der Waals surface area contributed by atoms with Gasteiger partial charge in [0.15, 0.2) is 5.96 Å². The zero-order valence-electron chi connectivity index (χ0n) is 18.5. The summed E-state index contributed by atoms with van der Waals surface area (Å²) >= 11 is 0. The minimum absolute atomic E-state index is 0. The Kier molecular flexibility index (Phi) is 12.0. The standard InChI is InChI=1S/C21H35N5O3.HI/c1-5-22-20(25-16-21(2,3)26-11-13-29-14-12-26)24-10-9-23-19(27)17-7-6-8-18(15-17)28-4;/h6-8,15H,5,9-14,16H2,1-4H3,(H,23,27)(H2,22,24,25);1H. The van der Waals surface area contributed by atoms with E-state index in [1.54, 1.807) is 25.3 Å². The van der Waals surface area contributed by atoms with Crippen LogP contribution in [0.2, 0.25) is 0 Å². The molecule has 0 radical (unpaired) electrons. The van der Waals surface area contributed by atoms with Crippen LogP contribution in [-0.2, 0) is 4.74 Å². The molecule has 1 aromatic rings. The minimum Gasteiger partial charge on any atom is -0.497 e. The molecule has 1 aliphatic rings. The number of ether oxygens (including phenoxy) is 2. The Morgan fingerprint density at radius 3 is 2.57 bits per heavy atom. The van der Waals surface area contributed by atoms with Crippen LogP contribution in [0.5, 0.6) is 5.75 Å². The number of halogens is 1. The smallest absolute Gasteiger partial charge is 0.251 e. The Morgan fingerprint density at radius 1 is 1.20 bits per heavy atom. The number of nitrogens with zero attached hydrogens (tertiary/aromatic N) is 2. The summed E-state index contributed by atoms with van der Waals surface area (Å²) in [6.45, 7) is 12.4. The molecule has 1 saturated heterocycles. The molecule has 1 amide bonds. The summed E-state index contributed by atoms with van der Waals surface area (Å²) in [4.78, 5) is 19.4. The molecule has 0 atom stereocenters. The van der Waals surface area contributed by atoms with E-state index in [1.807, 2.05) is 13.0 Å². The number of nitrogens with one attached hydrogen (secondary N) is 3. The fourth-order valence-electron chi connectivity index (χ4n) is 3.11. The third-order valence-electron chi connectivity index (χ3n) is 4.87. The Hall–Kier alpha value is -1.59. The summed E-state index contributed by atoms with van der Waals surface area (Å²) in [6, 6.07) is 7.11. The van der Waals surface area contributed by atoms with Gasteiger partial charge in [-0.25, -0.2) is 0 Å². The number of hydrogen-bond acceptors (Lipinski definition) is 5. The van der Waals surface area contributed by atoms with Crippen LogP contribution < -0.4 is 20.7 Å². The highest BCUT2D eigenvalue weighted by molar-refractivity contribution is 14.0. The molecule has 3 N–H and O–H groups in total. The van der Waals surface area contributed by atoms with Gasteiger partial charge in [0, 0.05) is 43.8 Å². The second kappa shape index (κ2) is 13.7. The minimum atomic E-state index is -0.124. The predicted octanol–water partition coefficient (Wildman–Crippen LogP) is 1.71. The molecule has 1 aliphatic heterocycles. The third-order valence-corrected chi connectivity index (χ3v) is 4.87. The highest BCUT2D eigenvalue weighted by Crippen LogP contribution is 2.16. The van der Waals surface area contributed by atoms with Crippen molar-refractivity contribution < 1.29 is 14.3 Å². The monoisotopic (exact) mass is 533 g/mol. The van der Waals surface area contributed by atoms with E-state index in [9.17, 15) is 4.79 Å². The number of hydrogen-bond donors (Lipinski definition) is 3. The number of aliphatic imine (C=N–C) groups is 1. The van der Waals surface area contributed by atoms with Gasteiger partial charge >= 0.3 is 0 Å². The van der Waals surface area contributed by atoms with E-state index in [-0.39, 0.29) is 35.4 Å². The molecule has 170 valence electrons. The van der Waals surface area contributed by atoms with E-state index in [1.165, 1.54) is 0 Å². The van der Waals surface area contributed by atoms with E-state index in [4.69, 9.17) is 14.5 Å². The van der Waals surface area contributed by atoms with Crippen LogP contribution >= 0.6 is 24.0 Å². The maximum absolute atomic E-state index is 12.3. The molecule has 0 unspecified atom stereocenters. The molecule has 0 saturated carbocycles. The van der Waals surface area contributed by atoms with Crippen LogP contribution in [0.3, 0.4) is 0 Å². The number of rotatable bonds is 9. The fraction of sp³-hybridized carbons (Fsp3) is 0.619. The zero-order chi connectivity index (χ0) is 21.1. The van der Waals surface area contributed by atoms with Crippen LogP contribution in [0.4, 0.5) is 0 Å². The highest BCUT2D eigenvalue weighted by Gasteiger charge is 2.28. The molecule has 0 spiro atoms. The first-order valence-corrected chi connectivity index (χ1v) is 10.2. The number of benzene rings is 1. The van der Waals surface area contributed by atoms with Crippen molar-refractivity contribution >= 4 is 35.8 Å². The second-order valence-electron chi connectivity index (χ2n) is 7.52. The number of morpholine rings is 1. The molecule has 1 fully saturated rings. The zero-order valence-corrected chi connectivity index (χ0v) is 20.8. The number of guanidine groups is 1. The summed E-state index contributed by atoms with van der Waals surface area (Å²) in [7, 11) is 1.59. The van der Waals surface area contributed by atoms with Gasteiger partial charge in [0.2, 0.25) is 0 Å². The molecule has 2 rings (SSSR count). The van der Waals surface area contributed by atoms with Crippen LogP contribution in [0, 0.1) is 0 Å². The second-order valence-corrected chi connectivity index (χ2v) is 7.52. The van der Waals surface area contributed by atoms with Gasteiger partial charge in [-0.05, 0) is 39.0 Å². The highest BCUT2D eigenvalue weighted by atomic mass is 127. The van der Waals surface area contributed by atoms with E-state index in [0.29, 0.717) is 30.9 Å². The van der Waals surface area contributed by atoms with Gasteiger partial charge in [-0.3, -0.25) is 14.7 Å². The van der Waals surface area contributed by atoms with Gasteiger partial charge < -0.3 is 25.4 Å². The summed E-state index contributed by atoms with van der Waals surface area (Å²) in [5.41, 5.74) is 0.546. The van der Waals surface area contributed by atoms with E-state index in [0.717, 1.165) is 38.8 Å². The lowest BCUT2D eigenvalue weighted by Crippen LogP contribution is -2.52. The average Bonchev–Trinajstić information content (AvgIpc) is 2.75. The Bertz CT molecular complexity index is 678. The van der Waals surface area contributed by atoms with Crippen molar-refractivity contribution in [3.05, 3.63) is 29.8 Å². The average molecular weight is 533 g/mol. The number of methoxy groups -OCH3 is 1. The molecule has 1 aromatic carbocycles. The Balaban J connectivity index is 0.00000450. The largest absolute Gasteiger partial charge is 0.497 e. The van der Waals surface area contributed by atoms with Crippen LogP contribution in [-0.4, -0.2) is 81.9 Å². The van der Waals surface area contributed by atoms with Gasteiger partial charge in [-0.2, -0.15) is 0 Å². The molecule has 9 heteroatoms. The SMILES string of the molecule is CCNC(=NCC(C)(C)N1CCOCC1)NCCNC(=O)c1cccc(OC)c1.I. The predicted molar refractivity (Wildman–Crippen MR) is 131 cm³/mol. The lowest BCUT2D eigenvalue weighted by atomic mass is 10.0. The molecular weight excluding hydrogens is 497 g/mol. The van der Waals surface area contributed by atoms with Gasteiger partial charge in [0.1, 0.15) is 5.75 Å². The fourth-order valence-corrected chi connectivity index (χ4v) is 3.11. The Labute approximate surface area is 197 Å². The van der Waals surface area contributed by atoms with Gasteiger partial charge in [-0.15, -0.1) is 24.0 Å². The molecule has 0 aliphatic carbocycles. The summed E-state index contributed by atoms with van der Waals surface area (Å²) < 4.78 is 10.6. The first-order valence-electron chi connectivity index (χ1n) is 10.2. The Morgan fingerprint density at radius 2 is 1.90 bits per heavy atom. The van der Waals surface area contributed by atoms with Crippen LogP contribution in [0.1, 0.15) is 31.1 Å². The third kappa shape index (κ3) is 8.65. The first-order chi connectivity index (χ1) is 14.0.